The highest BCUT2D eigenvalue weighted by Crippen LogP contribution is 2.30. The van der Waals surface area contributed by atoms with E-state index in [-0.39, 0.29) is 5.56 Å². The standard InChI is InChI=1S/C18H18BrN5O.C2H6/c1-10-8-23-18(25)15-14-7-11(19)4-5-13(14)17(24-16(10)15)22-9-12(21)3-2-6-20;1-2/h2-8H,9,20-21H2,1H3,(H,22,24)(H,23,25);1-2H3/b6-2-,12-3-;. The summed E-state index contributed by atoms with van der Waals surface area (Å²) in [4.78, 5) is 19.8. The third-order valence-corrected chi connectivity index (χ3v) is 4.36. The van der Waals surface area contributed by atoms with Gasteiger partial charge in [-0.1, -0.05) is 29.8 Å². The van der Waals surface area contributed by atoms with Crippen LogP contribution in [0.25, 0.3) is 21.7 Å². The molecule has 0 spiro atoms. The van der Waals surface area contributed by atoms with Gasteiger partial charge in [-0.05, 0) is 49.0 Å². The van der Waals surface area contributed by atoms with Crippen molar-refractivity contribution in [3.63, 3.8) is 0 Å². The van der Waals surface area contributed by atoms with E-state index in [1.54, 1.807) is 18.3 Å². The molecule has 1 aromatic carbocycles. The lowest BCUT2D eigenvalue weighted by atomic mass is 10.1. The fraction of sp³-hybridized carbons (Fsp3) is 0.200. The second-order valence-electron chi connectivity index (χ2n) is 5.65. The molecule has 0 unspecified atom stereocenters. The first-order valence-corrected chi connectivity index (χ1v) is 9.48. The molecular formula is C20H24BrN5O. The smallest absolute Gasteiger partial charge is 0.258 e. The van der Waals surface area contributed by atoms with Crippen LogP contribution in [0.5, 0.6) is 0 Å². The Hall–Kier alpha value is -2.80. The number of nitrogens with one attached hydrogen (secondary N) is 2. The van der Waals surface area contributed by atoms with E-state index in [4.69, 9.17) is 11.5 Å². The minimum absolute atomic E-state index is 0.157. The summed E-state index contributed by atoms with van der Waals surface area (Å²) in [5.74, 6) is 0.678. The molecule has 0 bridgehead atoms. The highest BCUT2D eigenvalue weighted by molar-refractivity contribution is 9.10. The maximum Gasteiger partial charge on any atom is 0.258 e. The molecule has 6 N–H and O–H groups in total. The van der Waals surface area contributed by atoms with Crippen LogP contribution in [0.3, 0.4) is 0 Å². The van der Waals surface area contributed by atoms with Gasteiger partial charge >= 0.3 is 0 Å². The van der Waals surface area contributed by atoms with Crippen molar-refractivity contribution in [3.05, 3.63) is 68.8 Å². The summed E-state index contributed by atoms with van der Waals surface area (Å²) < 4.78 is 0.895. The number of pyridine rings is 2. The van der Waals surface area contributed by atoms with Crippen molar-refractivity contribution in [2.24, 2.45) is 11.5 Å². The number of aromatic amines is 1. The quantitative estimate of drug-likeness (QED) is 0.371. The van der Waals surface area contributed by atoms with Crippen LogP contribution < -0.4 is 22.3 Å². The Kier molecular flexibility index (Phi) is 7.01. The highest BCUT2D eigenvalue weighted by Gasteiger charge is 2.13. The first kappa shape index (κ1) is 20.5. The maximum atomic E-state index is 12.4. The van der Waals surface area contributed by atoms with Gasteiger partial charge in [0.15, 0.2) is 0 Å². The van der Waals surface area contributed by atoms with Crippen LogP contribution in [0.2, 0.25) is 0 Å². The molecule has 0 saturated carbocycles. The predicted molar refractivity (Wildman–Crippen MR) is 118 cm³/mol. The van der Waals surface area contributed by atoms with E-state index >= 15 is 0 Å². The number of aryl methyl sites for hydroxylation is 1. The average Bonchev–Trinajstić information content (AvgIpc) is 2.68. The Labute approximate surface area is 166 Å². The van der Waals surface area contributed by atoms with E-state index in [1.807, 2.05) is 39.0 Å². The van der Waals surface area contributed by atoms with Crippen LogP contribution in [-0.2, 0) is 0 Å². The van der Waals surface area contributed by atoms with Gasteiger partial charge in [0, 0.05) is 27.1 Å². The molecule has 142 valence electrons. The van der Waals surface area contributed by atoms with Gasteiger partial charge in [-0.2, -0.15) is 0 Å². The lowest BCUT2D eigenvalue weighted by Crippen LogP contribution is -2.14. The van der Waals surface area contributed by atoms with Gasteiger partial charge in [0.25, 0.3) is 5.56 Å². The van der Waals surface area contributed by atoms with E-state index in [2.05, 4.69) is 31.2 Å². The molecule has 0 radical (unpaired) electrons. The van der Waals surface area contributed by atoms with Crippen molar-refractivity contribution in [2.45, 2.75) is 20.8 Å². The van der Waals surface area contributed by atoms with Crippen molar-refractivity contribution in [1.82, 2.24) is 9.97 Å². The maximum absolute atomic E-state index is 12.4. The van der Waals surface area contributed by atoms with E-state index in [1.165, 1.54) is 6.20 Å². The van der Waals surface area contributed by atoms with Crippen LogP contribution in [0.4, 0.5) is 5.82 Å². The van der Waals surface area contributed by atoms with Gasteiger partial charge in [0.1, 0.15) is 5.82 Å². The van der Waals surface area contributed by atoms with Crippen LogP contribution >= 0.6 is 15.9 Å². The fourth-order valence-corrected chi connectivity index (χ4v) is 3.03. The topological polar surface area (TPSA) is 110 Å². The number of rotatable bonds is 4. The minimum atomic E-state index is -0.157. The Balaban J connectivity index is 0.00000126. The summed E-state index contributed by atoms with van der Waals surface area (Å²) in [6.45, 7) is 6.33. The van der Waals surface area contributed by atoms with Crippen molar-refractivity contribution in [1.29, 1.82) is 0 Å². The molecule has 7 heteroatoms. The lowest BCUT2D eigenvalue weighted by molar-refractivity contribution is 1.14. The SMILES string of the molecule is CC.Cc1c[nH]c(=O)c2c1nc(NC/C(N)=C/C=C\N)c1ccc(Br)cc12. The lowest BCUT2D eigenvalue weighted by Gasteiger charge is -2.13. The molecule has 0 atom stereocenters. The predicted octanol–water partition coefficient (Wildman–Crippen LogP) is 3.90. The Morgan fingerprint density at radius 1 is 1.33 bits per heavy atom. The zero-order valence-corrected chi connectivity index (χ0v) is 17.2. The number of nitrogens with two attached hydrogens (primary N) is 2. The molecule has 6 nitrogen and oxygen atoms in total. The summed E-state index contributed by atoms with van der Waals surface area (Å²) in [6, 6.07) is 5.77. The number of H-pyrrole nitrogens is 1. The fourth-order valence-electron chi connectivity index (χ4n) is 2.67. The zero-order chi connectivity index (χ0) is 20.0. The number of benzene rings is 1. The third-order valence-electron chi connectivity index (χ3n) is 3.87. The third kappa shape index (κ3) is 4.49. The molecule has 2 heterocycles. The number of hydrogen-bond acceptors (Lipinski definition) is 5. The van der Waals surface area contributed by atoms with Gasteiger partial charge in [-0.25, -0.2) is 4.98 Å². The molecule has 0 aliphatic carbocycles. The van der Waals surface area contributed by atoms with Crippen LogP contribution in [-0.4, -0.2) is 16.5 Å². The second kappa shape index (κ2) is 9.23. The normalized spacial score (nSPS) is 11.6. The van der Waals surface area contributed by atoms with Gasteiger partial charge in [-0.15, -0.1) is 0 Å². The van der Waals surface area contributed by atoms with Crippen molar-refractivity contribution >= 4 is 43.4 Å². The van der Waals surface area contributed by atoms with Crippen molar-refractivity contribution < 1.29 is 0 Å². The van der Waals surface area contributed by atoms with Gasteiger partial charge in [0.05, 0.1) is 17.4 Å². The van der Waals surface area contributed by atoms with Gasteiger partial charge < -0.3 is 21.8 Å². The number of halogens is 1. The Morgan fingerprint density at radius 2 is 2.07 bits per heavy atom. The number of anilines is 1. The summed E-state index contributed by atoms with van der Waals surface area (Å²) in [5.41, 5.74) is 13.3. The molecular weight excluding hydrogens is 406 g/mol. The van der Waals surface area contributed by atoms with Crippen molar-refractivity contribution in [2.75, 3.05) is 11.9 Å². The first-order valence-electron chi connectivity index (χ1n) is 8.69. The van der Waals surface area contributed by atoms with Crippen LogP contribution in [0, 0.1) is 6.92 Å². The molecule has 3 aromatic rings. The number of nitrogens with zero attached hydrogens (tertiary/aromatic N) is 1. The molecule has 0 aliphatic heterocycles. The van der Waals surface area contributed by atoms with E-state index in [9.17, 15) is 4.79 Å². The summed E-state index contributed by atoms with van der Waals surface area (Å²) >= 11 is 3.47. The Bertz CT molecular complexity index is 1070. The summed E-state index contributed by atoms with van der Waals surface area (Å²) in [5, 5.41) is 5.51. The second-order valence-corrected chi connectivity index (χ2v) is 6.57. The first-order chi connectivity index (χ1) is 13.0. The molecule has 0 fully saturated rings. The molecule has 3 rings (SSSR count). The minimum Gasteiger partial charge on any atom is -0.405 e. The molecule has 2 aromatic heterocycles. The van der Waals surface area contributed by atoms with Crippen molar-refractivity contribution in [3.8, 4) is 0 Å². The average molecular weight is 430 g/mol. The summed E-state index contributed by atoms with van der Waals surface area (Å²) in [7, 11) is 0. The molecule has 0 aliphatic rings. The molecule has 0 saturated heterocycles. The highest BCUT2D eigenvalue weighted by atomic mass is 79.9. The molecule has 0 amide bonds. The number of allylic oxidation sites excluding steroid dienone is 2. The van der Waals surface area contributed by atoms with E-state index < -0.39 is 0 Å². The Morgan fingerprint density at radius 3 is 2.78 bits per heavy atom. The number of aromatic nitrogens is 2. The number of hydrogen-bond donors (Lipinski definition) is 4. The van der Waals surface area contributed by atoms with E-state index in [0.29, 0.717) is 29.0 Å². The van der Waals surface area contributed by atoms with Crippen LogP contribution in [0.1, 0.15) is 19.4 Å². The van der Waals surface area contributed by atoms with E-state index in [0.717, 1.165) is 20.8 Å². The molecule has 27 heavy (non-hydrogen) atoms. The largest absolute Gasteiger partial charge is 0.405 e. The number of fused-ring (bicyclic) bond motifs is 3. The summed E-state index contributed by atoms with van der Waals surface area (Å²) in [6.07, 6.45) is 6.49. The van der Waals surface area contributed by atoms with Gasteiger partial charge in [0.2, 0.25) is 0 Å². The van der Waals surface area contributed by atoms with Gasteiger partial charge in [-0.3, -0.25) is 4.79 Å². The monoisotopic (exact) mass is 429 g/mol. The van der Waals surface area contributed by atoms with Crippen LogP contribution in [0.15, 0.2) is 57.7 Å². The zero-order valence-electron chi connectivity index (χ0n) is 15.6.